The third-order valence-electron chi connectivity index (χ3n) is 9.04. The van der Waals surface area contributed by atoms with Crippen molar-refractivity contribution in [3.63, 3.8) is 0 Å². The quantitative estimate of drug-likeness (QED) is 0.200. The zero-order chi connectivity index (χ0) is 28.8. The molecule has 2 atom stereocenters. The largest absolute Gasteiger partial charge is 0.268 e. The molecule has 0 spiro atoms. The van der Waals surface area contributed by atoms with Gasteiger partial charge in [0.25, 0.3) is 0 Å². The van der Waals surface area contributed by atoms with Crippen molar-refractivity contribution < 1.29 is 0 Å². The predicted octanol–water partition coefficient (Wildman–Crippen LogP) is 10.7. The second kappa shape index (κ2) is 10.5. The number of benzene rings is 6. The number of aliphatic imine (C=N–C) groups is 1. The van der Waals surface area contributed by atoms with Crippen LogP contribution in [-0.4, -0.2) is 11.2 Å². The van der Waals surface area contributed by atoms with Crippen LogP contribution in [0.5, 0.6) is 0 Å². The van der Waals surface area contributed by atoms with Gasteiger partial charge in [0.1, 0.15) is 0 Å². The van der Waals surface area contributed by atoms with Gasteiger partial charge in [0.05, 0.1) is 0 Å². The van der Waals surface area contributed by atoms with Crippen LogP contribution in [0, 0.1) is 5.92 Å². The minimum Gasteiger partial charge on any atom is -0.268 e. The number of aromatic nitrogens is 1. The molecule has 7 aromatic rings. The Kier molecular flexibility index (Phi) is 6.19. The maximum absolute atomic E-state index is 4.66. The molecule has 2 heterocycles. The van der Waals surface area contributed by atoms with E-state index in [1.807, 2.05) is 18.6 Å². The first-order valence-electron chi connectivity index (χ1n) is 14.9. The third kappa shape index (κ3) is 4.35. The van der Waals surface area contributed by atoms with Gasteiger partial charge >= 0.3 is 0 Å². The second-order valence-corrected chi connectivity index (χ2v) is 11.5. The van der Waals surface area contributed by atoms with E-state index in [1.54, 1.807) is 0 Å². The summed E-state index contributed by atoms with van der Waals surface area (Å²) < 4.78 is 0. The van der Waals surface area contributed by atoms with Gasteiger partial charge in [-0.1, -0.05) is 110 Å². The van der Waals surface area contributed by atoms with Gasteiger partial charge in [0, 0.05) is 30.7 Å². The molecule has 6 aromatic carbocycles. The Morgan fingerprint density at radius 3 is 1.67 bits per heavy atom. The fourth-order valence-electron chi connectivity index (χ4n) is 6.89. The standard InChI is InChI=1S/C41H30N2/c1-27-38(28-19-21-42-22-20-28)25-43-26-39(27)32-17-15-31-24-33(18-16-30(31)23-32)41-36-13-7-5-11-34(36)40(29-9-3-2-4-10-29)35-12-6-8-14-37(35)41/h2-27,38H,1H3. The molecule has 2 heteroatoms. The highest BCUT2D eigenvalue weighted by atomic mass is 14.7. The number of hydrogen-bond acceptors (Lipinski definition) is 2. The molecule has 1 aliphatic heterocycles. The summed E-state index contributed by atoms with van der Waals surface area (Å²) in [5.41, 5.74) is 8.81. The van der Waals surface area contributed by atoms with E-state index in [2.05, 4.69) is 151 Å². The monoisotopic (exact) mass is 550 g/mol. The van der Waals surface area contributed by atoms with Gasteiger partial charge in [-0.25, -0.2) is 0 Å². The number of hydrogen-bond donors (Lipinski definition) is 0. The van der Waals surface area contributed by atoms with Gasteiger partial charge < -0.3 is 0 Å². The van der Waals surface area contributed by atoms with E-state index in [0.717, 1.165) is 0 Å². The van der Waals surface area contributed by atoms with Crippen molar-refractivity contribution >= 4 is 44.1 Å². The smallest absolute Gasteiger partial charge is 0.0305 e. The molecule has 0 N–H and O–H groups in total. The van der Waals surface area contributed by atoms with E-state index < -0.39 is 0 Å². The zero-order valence-electron chi connectivity index (χ0n) is 24.0. The van der Waals surface area contributed by atoms with E-state index in [1.165, 1.54) is 71.3 Å². The van der Waals surface area contributed by atoms with Crippen LogP contribution in [-0.2, 0) is 0 Å². The number of nitrogens with zero attached hydrogens (tertiary/aromatic N) is 2. The van der Waals surface area contributed by atoms with Crippen LogP contribution in [0.4, 0.5) is 0 Å². The van der Waals surface area contributed by atoms with Gasteiger partial charge in [0.15, 0.2) is 0 Å². The SMILES string of the molecule is CC1C(c2ccc3cc(-c4c5ccccc5c(-c5ccccc5)c5ccccc45)ccc3c2)=CN=CC1c1ccncc1. The Balaban J connectivity index is 1.25. The first-order chi connectivity index (χ1) is 21.3. The van der Waals surface area contributed by atoms with E-state index in [4.69, 9.17) is 0 Å². The Hall–Kier alpha value is -5.34. The minimum atomic E-state index is 0.237. The van der Waals surface area contributed by atoms with E-state index in [9.17, 15) is 0 Å². The normalized spacial score (nSPS) is 16.5. The van der Waals surface area contributed by atoms with Crippen LogP contribution in [0.25, 0.3) is 60.1 Å². The molecule has 0 fully saturated rings. The van der Waals surface area contributed by atoms with Crippen molar-refractivity contribution in [2.45, 2.75) is 12.8 Å². The number of fused-ring (bicyclic) bond motifs is 3. The summed E-state index contributed by atoms with van der Waals surface area (Å²) in [4.78, 5) is 8.85. The number of pyridine rings is 1. The summed E-state index contributed by atoms with van der Waals surface area (Å²) in [6.45, 7) is 2.30. The van der Waals surface area contributed by atoms with Crippen LogP contribution >= 0.6 is 0 Å². The van der Waals surface area contributed by atoms with Crippen LogP contribution in [0.2, 0.25) is 0 Å². The summed E-state index contributed by atoms with van der Waals surface area (Å²) in [5.74, 6) is 0.555. The van der Waals surface area contributed by atoms with Gasteiger partial charge in [0.2, 0.25) is 0 Å². The lowest BCUT2D eigenvalue weighted by Crippen LogP contribution is -2.16. The molecular formula is C41H30N2. The number of rotatable bonds is 4. The van der Waals surface area contributed by atoms with Crippen molar-refractivity contribution in [2.24, 2.45) is 10.9 Å². The fourth-order valence-corrected chi connectivity index (χ4v) is 6.89. The molecule has 2 unspecified atom stereocenters. The highest BCUT2D eigenvalue weighted by Gasteiger charge is 2.25. The van der Waals surface area contributed by atoms with Crippen molar-refractivity contribution in [2.75, 3.05) is 0 Å². The highest BCUT2D eigenvalue weighted by molar-refractivity contribution is 6.21. The van der Waals surface area contributed by atoms with Gasteiger partial charge in [-0.2, -0.15) is 0 Å². The van der Waals surface area contributed by atoms with E-state index in [0.29, 0.717) is 5.92 Å². The second-order valence-electron chi connectivity index (χ2n) is 11.5. The van der Waals surface area contributed by atoms with Crippen LogP contribution < -0.4 is 0 Å². The molecule has 1 aromatic heterocycles. The van der Waals surface area contributed by atoms with Gasteiger partial charge in [-0.15, -0.1) is 0 Å². The van der Waals surface area contributed by atoms with Crippen molar-refractivity contribution in [1.82, 2.24) is 4.98 Å². The average molecular weight is 551 g/mol. The first-order valence-corrected chi connectivity index (χ1v) is 14.9. The summed E-state index contributed by atoms with van der Waals surface area (Å²) >= 11 is 0. The molecule has 0 aliphatic carbocycles. The van der Waals surface area contributed by atoms with Crippen LogP contribution in [0.1, 0.15) is 24.0 Å². The molecule has 0 bridgehead atoms. The lowest BCUT2D eigenvalue weighted by atomic mass is 9.79. The van der Waals surface area contributed by atoms with Crippen LogP contribution in [0.15, 0.2) is 151 Å². The molecule has 204 valence electrons. The summed E-state index contributed by atoms with van der Waals surface area (Å²) in [5, 5.41) is 7.58. The molecule has 1 aliphatic rings. The molecule has 0 saturated carbocycles. The van der Waals surface area contributed by atoms with Crippen molar-refractivity contribution in [3.05, 3.63) is 157 Å². The number of allylic oxidation sites excluding steroid dienone is 1. The summed E-state index contributed by atoms with van der Waals surface area (Å²) in [7, 11) is 0. The van der Waals surface area contributed by atoms with Crippen molar-refractivity contribution in [3.8, 4) is 22.3 Å². The Bertz CT molecular complexity index is 2140. The van der Waals surface area contributed by atoms with Gasteiger partial charge in [-0.05, 0) is 101 Å². The lowest BCUT2D eigenvalue weighted by Gasteiger charge is -2.26. The molecule has 2 nitrogen and oxygen atoms in total. The van der Waals surface area contributed by atoms with E-state index in [-0.39, 0.29) is 5.92 Å². The van der Waals surface area contributed by atoms with Gasteiger partial charge in [-0.3, -0.25) is 9.98 Å². The molecule has 0 radical (unpaired) electrons. The Morgan fingerprint density at radius 2 is 1.05 bits per heavy atom. The van der Waals surface area contributed by atoms with Crippen LogP contribution in [0.3, 0.4) is 0 Å². The molecule has 0 saturated heterocycles. The maximum Gasteiger partial charge on any atom is 0.0305 e. The minimum absolute atomic E-state index is 0.237. The lowest BCUT2D eigenvalue weighted by molar-refractivity contribution is 0.689. The maximum atomic E-state index is 4.66. The molecule has 43 heavy (non-hydrogen) atoms. The summed E-state index contributed by atoms with van der Waals surface area (Å²) in [6, 6.07) is 46.4. The van der Waals surface area contributed by atoms with Crippen molar-refractivity contribution in [1.29, 1.82) is 0 Å². The Morgan fingerprint density at radius 1 is 0.512 bits per heavy atom. The molecule has 8 rings (SSSR count). The highest BCUT2D eigenvalue weighted by Crippen LogP contribution is 2.44. The van der Waals surface area contributed by atoms with E-state index >= 15 is 0 Å². The fraction of sp³-hybridized carbons (Fsp3) is 0.0732. The first kappa shape index (κ1) is 25.4. The average Bonchev–Trinajstić information content (AvgIpc) is 3.07. The molecule has 0 amide bonds. The Labute approximate surface area is 251 Å². The zero-order valence-corrected chi connectivity index (χ0v) is 24.0. The topological polar surface area (TPSA) is 25.2 Å². The summed E-state index contributed by atoms with van der Waals surface area (Å²) in [6.07, 6.45) is 7.82. The third-order valence-corrected chi connectivity index (χ3v) is 9.04. The predicted molar refractivity (Wildman–Crippen MR) is 182 cm³/mol. The molecular weight excluding hydrogens is 520 g/mol.